The summed E-state index contributed by atoms with van der Waals surface area (Å²) in [5.41, 5.74) is 0.758. The molecule has 0 radical (unpaired) electrons. The van der Waals surface area contributed by atoms with Crippen LogP contribution >= 0.6 is 0 Å². The van der Waals surface area contributed by atoms with Crippen LogP contribution in [-0.4, -0.2) is 42.6 Å². The minimum atomic E-state index is -1.00. The zero-order valence-electron chi connectivity index (χ0n) is 11.9. The van der Waals surface area contributed by atoms with E-state index in [0.717, 1.165) is 0 Å². The number of hydrogen-bond acceptors (Lipinski definition) is 4. The number of aryl methyl sites for hydroxylation is 1. The smallest absolute Gasteiger partial charge is 0.335 e. The largest absolute Gasteiger partial charge is 0.484 e. The molecule has 0 fully saturated rings. The van der Waals surface area contributed by atoms with Crippen molar-refractivity contribution in [1.82, 2.24) is 10.6 Å². The van der Waals surface area contributed by atoms with E-state index in [4.69, 9.17) is 9.84 Å². The monoisotopic (exact) mass is 294 g/mol. The Morgan fingerprint density at radius 1 is 1.19 bits per heavy atom. The summed E-state index contributed by atoms with van der Waals surface area (Å²) in [6.45, 7) is 3.55. The van der Waals surface area contributed by atoms with Crippen LogP contribution < -0.4 is 15.4 Å². The Balaban J connectivity index is 2.38. The molecule has 2 amide bonds. The first-order valence-electron chi connectivity index (χ1n) is 6.38. The number of hydrogen-bond donors (Lipinski definition) is 3. The van der Waals surface area contributed by atoms with Crippen molar-refractivity contribution in [2.24, 2.45) is 0 Å². The standard InChI is InChI=1S/C14H18N2O5/c1-9-7-11(3-4-12(9)14(19)20)21-8-13(18)16-6-5-15-10(2)17/h3-4,7H,5-6,8H2,1-2H3,(H,15,17)(H,16,18)(H,19,20). The molecule has 0 saturated heterocycles. The number of amides is 2. The van der Waals surface area contributed by atoms with Crippen molar-refractivity contribution in [3.05, 3.63) is 29.3 Å². The summed E-state index contributed by atoms with van der Waals surface area (Å²) in [5.74, 6) is -1.06. The second-order valence-electron chi connectivity index (χ2n) is 4.40. The minimum absolute atomic E-state index is 0.158. The van der Waals surface area contributed by atoms with Crippen LogP contribution in [0, 0.1) is 6.92 Å². The molecular formula is C14H18N2O5. The van der Waals surface area contributed by atoms with Gasteiger partial charge in [-0.15, -0.1) is 0 Å². The van der Waals surface area contributed by atoms with Gasteiger partial charge < -0.3 is 20.5 Å². The van der Waals surface area contributed by atoms with E-state index in [1.54, 1.807) is 13.0 Å². The maximum atomic E-state index is 11.5. The number of benzene rings is 1. The zero-order chi connectivity index (χ0) is 15.8. The summed E-state index contributed by atoms with van der Waals surface area (Å²) >= 11 is 0. The number of carbonyl (C=O) groups is 3. The van der Waals surface area contributed by atoms with Crippen molar-refractivity contribution in [1.29, 1.82) is 0 Å². The van der Waals surface area contributed by atoms with Crippen LogP contribution in [-0.2, 0) is 9.59 Å². The lowest BCUT2D eigenvalue weighted by Gasteiger charge is -2.09. The van der Waals surface area contributed by atoms with Crippen molar-refractivity contribution in [2.75, 3.05) is 19.7 Å². The summed E-state index contributed by atoms with van der Waals surface area (Å²) in [5, 5.41) is 14.0. The molecule has 0 aliphatic rings. The van der Waals surface area contributed by atoms with Gasteiger partial charge in [0.1, 0.15) is 5.75 Å². The molecule has 1 aromatic rings. The van der Waals surface area contributed by atoms with Crippen LogP contribution in [0.15, 0.2) is 18.2 Å². The molecule has 0 spiro atoms. The van der Waals surface area contributed by atoms with E-state index < -0.39 is 5.97 Å². The van der Waals surface area contributed by atoms with E-state index in [1.165, 1.54) is 19.1 Å². The number of rotatable bonds is 7. The van der Waals surface area contributed by atoms with Crippen LogP contribution in [0.1, 0.15) is 22.8 Å². The van der Waals surface area contributed by atoms with Crippen LogP contribution in [0.4, 0.5) is 0 Å². The number of carbonyl (C=O) groups excluding carboxylic acids is 2. The fourth-order valence-electron chi connectivity index (χ4n) is 1.61. The van der Waals surface area contributed by atoms with Crippen molar-refractivity contribution in [3.63, 3.8) is 0 Å². The van der Waals surface area contributed by atoms with Gasteiger partial charge in [0.25, 0.3) is 5.91 Å². The highest BCUT2D eigenvalue weighted by Gasteiger charge is 2.08. The molecule has 0 unspecified atom stereocenters. The lowest BCUT2D eigenvalue weighted by Crippen LogP contribution is -2.36. The van der Waals surface area contributed by atoms with Crippen molar-refractivity contribution in [2.45, 2.75) is 13.8 Å². The van der Waals surface area contributed by atoms with Crippen LogP contribution in [0.2, 0.25) is 0 Å². The minimum Gasteiger partial charge on any atom is -0.484 e. The molecule has 0 saturated carbocycles. The molecule has 7 heteroatoms. The SMILES string of the molecule is CC(=O)NCCNC(=O)COc1ccc(C(=O)O)c(C)c1. The number of nitrogens with one attached hydrogen (secondary N) is 2. The lowest BCUT2D eigenvalue weighted by molar-refractivity contribution is -0.123. The molecule has 1 rings (SSSR count). The predicted octanol–water partition coefficient (Wildman–Crippen LogP) is 0.324. The Hall–Kier alpha value is -2.57. The molecule has 21 heavy (non-hydrogen) atoms. The van der Waals surface area contributed by atoms with Gasteiger partial charge in [-0.3, -0.25) is 9.59 Å². The Morgan fingerprint density at radius 3 is 2.43 bits per heavy atom. The van der Waals surface area contributed by atoms with E-state index in [0.29, 0.717) is 24.4 Å². The summed E-state index contributed by atoms with van der Waals surface area (Å²) in [6.07, 6.45) is 0. The first-order chi connectivity index (χ1) is 9.90. The zero-order valence-corrected chi connectivity index (χ0v) is 11.9. The summed E-state index contributed by atoms with van der Waals surface area (Å²) in [7, 11) is 0. The van der Waals surface area contributed by atoms with E-state index >= 15 is 0 Å². The molecule has 1 aromatic carbocycles. The van der Waals surface area contributed by atoms with Gasteiger partial charge in [0.15, 0.2) is 6.61 Å². The molecule has 114 valence electrons. The third-order valence-electron chi connectivity index (χ3n) is 2.62. The van der Waals surface area contributed by atoms with Crippen LogP contribution in [0.5, 0.6) is 5.75 Å². The molecule has 0 bridgehead atoms. The number of ether oxygens (including phenoxy) is 1. The van der Waals surface area contributed by atoms with Gasteiger partial charge in [-0.1, -0.05) is 0 Å². The second-order valence-corrected chi connectivity index (χ2v) is 4.40. The molecule has 0 aliphatic heterocycles. The Morgan fingerprint density at radius 2 is 1.86 bits per heavy atom. The highest BCUT2D eigenvalue weighted by molar-refractivity contribution is 5.89. The molecule has 0 heterocycles. The maximum absolute atomic E-state index is 11.5. The van der Waals surface area contributed by atoms with Gasteiger partial charge in [-0.25, -0.2) is 4.79 Å². The number of aromatic carboxylic acids is 1. The third kappa shape index (κ3) is 5.94. The molecule has 0 aliphatic carbocycles. The topological polar surface area (TPSA) is 105 Å². The van der Waals surface area contributed by atoms with Gasteiger partial charge in [-0.05, 0) is 30.7 Å². The first kappa shape index (κ1) is 16.5. The molecule has 3 N–H and O–H groups in total. The van der Waals surface area contributed by atoms with Gasteiger partial charge in [0.05, 0.1) is 5.56 Å². The average Bonchev–Trinajstić information content (AvgIpc) is 2.40. The second kappa shape index (κ2) is 7.88. The van der Waals surface area contributed by atoms with Crippen LogP contribution in [0.25, 0.3) is 0 Å². The predicted molar refractivity (Wildman–Crippen MR) is 75.3 cm³/mol. The molecular weight excluding hydrogens is 276 g/mol. The fraction of sp³-hybridized carbons (Fsp3) is 0.357. The Bertz CT molecular complexity index is 542. The normalized spacial score (nSPS) is 9.81. The third-order valence-corrected chi connectivity index (χ3v) is 2.62. The van der Waals surface area contributed by atoms with Gasteiger partial charge in [-0.2, -0.15) is 0 Å². The number of carboxylic acid groups (broad SMARTS) is 1. The van der Waals surface area contributed by atoms with E-state index in [-0.39, 0.29) is 24.0 Å². The quantitative estimate of drug-likeness (QED) is 0.628. The average molecular weight is 294 g/mol. The Labute approximate surface area is 122 Å². The molecule has 0 atom stereocenters. The summed E-state index contributed by atoms with van der Waals surface area (Å²) in [6, 6.07) is 4.50. The van der Waals surface area contributed by atoms with E-state index in [1.807, 2.05) is 0 Å². The maximum Gasteiger partial charge on any atom is 0.335 e. The van der Waals surface area contributed by atoms with Crippen LogP contribution in [0.3, 0.4) is 0 Å². The Kier molecular flexibility index (Phi) is 6.19. The highest BCUT2D eigenvalue weighted by Crippen LogP contribution is 2.17. The summed E-state index contributed by atoms with van der Waals surface area (Å²) in [4.78, 5) is 33.0. The van der Waals surface area contributed by atoms with Crippen molar-refractivity contribution in [3.8, 4) is 5.75 Å². The molecule has 7 nitrogen and oxygen atoms in total. The van der Waals surface area contributed by atoms with Gasteiger partial charge in [0, 0.05) is 20.0 Å². The van der Waals surface area contributed by atoms with Crippen molar-refractivity contribution >= 4 is 17.8 Å². The summed E-state index contributed by atoms with van der Waals surface area (Å²) < 4.78 is 5.27. The first-order valence-corrected chi connectivity index (χ1v) is 6.38. The highest BCUT2D eigenvalue weighted by atomic mass is 16.5. The van der Waals surface area contributed by atoms with Gasteiger partial charge in [0.2, 0.25) is 5.91 Å². The van der Waals surface area contributed by atoms with Gasteiger partial charge >= 0.3 is 5.97 Å². The molecule has 0 aromatic heterocycles. The lowest BCUT2D eigenvalue weighted by atomic mass is 10.1. The fourth-order valence-corrected chi connectivity index (χ4v) is 1.61. The van der Waals surface area contributed by atoms with E-state index in [9.17, 15) is 14.4 Å². The van der Waals surface area contributed by atoms with E-state index in [2.05, 4.69) is 10.6 Å². The van der Waals surface area contributed by atoms with Crippen molar-refractivity contribution < 1.29 is 24.2 Å². The number of carboxylic acids is 1.